The third kappa shape index (κ3) is 6.11. The molecule has 4 atom stereocenters. The van der Waals surface area contributed by atoms with Crippen molar-refractivity contribution in [3.8, 4) is 0 Å². The number of carbonyl (C=O) groups excluding carboxylic acids is 3. The lowest BCUT2D eigenvalue weighted by Gasteiger charge is -2.38. The molecule has 1 fully saturated rings. The van der Waals surface area contributed by atoms with Gasteiger partial charge < -0.3 is 24.1 Å². The molecule has 0 aliphatic carbocycles. The van der Waals surface area contributed by atoms with Gasteiger partial charge in [-0.05, 0) is 36.4 Å². The standard InChI is InChI=1S/C27H24O8/c28-23-21(16-33-25(29)18-10-4-1-5-11-18)32-17-22(34-26(30)19-12-6-2-7-13-19)24(23)35-27(31)20-14-8-3-9-15-20/h1-15,21-24,28H,16-17H2/t21?,22?,23-,24?/m1/s1. The summed E-state index contributed by atoms with van der Waals surface area (Å²) < 4.78 is 22.0. The number of carbonyl (C=O) groups is 3. The zero-order valence-electron chi connectivity index (χ0n) is 18.7. The van der Waals surface area contributed by atoms with Crippen LogP contribution in [-0.4, -0.2) is 60.6 Å². The molecule has 1 N–H and O–H groups in total. The number of aliphatic hydroxyl groups is 1. The Kier molecular flexibility index (Phi) is 7.87. The van der Waals surface area contributed by atoms with Gasteiger partial charge in [-0.2, -0.15) is 0 Å². The van der Waals surface area contributed by atoms with Gasteiger partial charge in [-0.15, -0.1) is 0 Å². The number of ether oxygens (including phenoxy) is 4. The van der Waals surface area contributed by atoms with E-state index in [0.717, 1.165) is 0 Å². The van der Waals surface area contributed by atoms with Gasteiger partial charge >= 0.3 is 17.9 Å². The van der Waals surface area contributed by atoms with Crippen molar-refractivity contribution < 1.29 is 38.4 Å². The second-order valence-electron chi connectivity index (χ2n) is 7.87. The van der Waals surface area contributed by atoms with Gasteiger partial charge in [0.1, 0.15) is 18.8 Å². The molecule has 1 aliphatic rings. The van der Waals surface area contributed by atoms with Crippen LogP contribution in [0.15, 0.2) is 91.0 Å². The highest BCUT2D eigenvalue weighted by atomic mass is 16.6. The van der Waals surface area contributed by atoms with Gasteiger partial charge in [-0.25, -0.2) is 14.4 Å². The van der Waals surface area contributed by atoms with Crippen LogP contribution in [0.1, 0.15) is 31.1 Å². The summed E-state index contributed by atoms with van der Waals surface area (Å²) in [4.78, 5) is 37.6. The number of hydrogen-bond acceptors (Lipinski definition) is 8. The maximum Gasteiger partial charge on any atom is 0.338 e. The summed E-state index contributed by atoms with van der Waals surface area (Å²) in [7, 11) is 0. The van der Waals surface area contributed by atoms with E-state index in [1.165, 1.54) is 0 Å². The fourth-order valence-corrected chi connectivity index (χ4v) is 3.60. The first-order chi connectivity index (χ1) is 17.0. The molecule has 0 amide bonds. The summed E-state index contributed by atoms with van der Waals surface area (Å²) in [5.41, 5.74) is 0.917. The Morgan fingerprint density at radius 2 is 1.17 bits per heavy atom. The van der Waals surface area contributed by atoms with E-state index in [1.807, 2.05) is 0 Å². The Hall–Kier alpha value is -4.01. The smallest absolute Gasteiger partial charge is 0.338 e. The fourth-order valence-electron chi connectivity index (χ4n) is 3.60. The predicted molar refractivity (Wildman–Crippen MR) is 124 cm³/mol. The van der Waals surface area contributed by atoms with Crippen molar-refractivity contribution >= 4 is 17.9 Å². The van der Waals surface area contributed by atoms with Crippen molar-refractivity contribution in [2.24, 2.45) is 0 Å². The summed E-state index contributed by atoms with van der Waals surface area (Å²) in [6.07, 6.45) is -4.74. The van der Waals surface area contributed by atoms with Crippen molar-refractivity contribution in [2.75, 3.05) is 13.2 Å². The first-order valence-corrected chi connectivity index (χ1v) is 11.1. The average Bonchev–Trinajstić information content (AvgIpc) is 2.91. The highest BCUT2D eigenvalue weighted by molar-refractivity contribution is 5.90. The lowest BCUT2D eigenvalue weighted by Crippen LogP contribution is -2.57. The van der Waals surface area contributed by atoms with Gasteiger partial charge in [0, 0.05) is 0 Å². The Bertz CT molecular complexity index is 1130. The van der Waals surface area contributed by atoms with Crippen LogP contribution in [-0.2, 0) is 18.9 Å². The molecule has 3 unspecified atom stereocenters. The lowest BCUT2D eigenvalue weighted by atomic mass is 9.99. The number of hydrogen-bond donors (Lipinski definition) is 1. The molecule has 1 aliphatic heterocycles. The first-order valence-electron chi connectivity index (χ1n) is 11.1. The molecule has 0 radical (unpaired) electrons. The van der Waals surface area contributed by atoms with Gasteiger partial charge in [0.25, 0.3) is 0 Å². The van der Waals surface area contributed by atoms with Gasteiger partial charge in [-0.1, -0.05) is 54.6 Å². The van der Waals surface area contributed by atoms with E-state index in [-0.39, 0.29) is 18.8 Å². The SMILES string of the molecule is O=C(OCC1OCC(OC(=O)c2ccccc2)C(OC(=O)c2ccccc2)[C@@H]1O)c1ccccc1. The molecule has 3 aromatic rings. The average molecular weight is 476 g/mol. The summed E-state index contributed by atoms with van der Waals surface area (Å²) in [6, 6.07) is 24.9. The lowest BCUT2D eigenvalue weighted by molar-refractivity contribution is -0.196. The van der Waals surface area contributed by atoms with E-state index in [4.69, 9.17) is 18.9 Å². The zero-order valence-corrected chi connectivity index (χ0v) is 18.7. The van der Waals surface area contributed by atoms with E-state index in [9.17, 15) is 19.5 Å². The highest BCUT2D eigenvalue weighted by Crippen LogP contribution is 2.24. The molecule has 0 saturated carbocycles. The first kappa shape index (κ1) is 24.1. The second-order valence-corrected chi connectivity index (χ2v) is 7.87. The Morgan fingerprint density at radius 1 is 0.714 bits per heavy atom. The zero-order chi connectivity index (χ0) is 24.6. The van der Waals surface area contributed by atoms with Crippen molar-refractivity contribution in [3.63, 3.8) is 0 Å². The molecule has 4 rings (SSSR count). The minimum atomic E-state index is -1.42. The van der Waals surface area contributed by atoms with Crippen LogP contribution in [0.5, 0.6) is 0 Å². The monoisotopic (exact) mass is 476 g/mol. The van der Waals surface area contributed by atoms with Crippen molar-refractivity contribution in [3.05, 3.63) is 108 Å². The molecule has 0 spiro atoms. The minimum absolute atomic E-state index is 0.171. The molecule has 180 valence electrons. The maximum atomic E-state index is 12.7. The normalized spacial score (nSPS) is 21.5. The minimum Gasteiger partial charge on any atom is -0.459 e. The fraction of sp³-hybridized carbons (Fsp3) is 0.222. The molecule has 0 bridgehead atoms. The van der Waals surface area contributed by atoms with Crippen molar-refractivity contribution in [1.29, 1.82) is 0 Å². The molecular formula is C27H24O8. The quantitative estimate of drug-likeness (QED) is 0.410. The van der Waals surface area contributed by atoms with Crippen molar-refractivity contribution in [1.82, 2.24) is 0 Å². The topological polar surface area (TPSA) is 108 Å². The van der Waals surface area contributed by atoms with Gasteiger partial charge in [0.15, 0.2) is 12.2 Å². The Morgan fingerprint density at radius 3 is 1.69 bits per heavy atom. The van der Waals surface area contributed by atoms with Gasteiger partial charge in [-0.3, -0.25) is 0 Å². The largest absolute Gasteiger partial charge is 0.459 e. The predicted octanol–water partition coefficient (Wildman–Crippen LogP) is 3.05. The molecule has 8 heteroatoms. The van der Waals surface area contributed by atoms with E-state index in [0.29, 0.717) is 11.1 Å². The molecule has 3 aromatic carbocycles. The van der Waals surface area contributed by atoms with Crippen LogP contribution in [0.3, 0.4) is 0 Å². The summed E-state index contributed by atoms with van der Waals surface area (Å²) >= 11 is 0. The number of benzene rings is 3. The summed E-state index contributed by atoms with van der Waals surface area (Å²) in [6.45, 7) is -0.455. The molecule has 1 heterocycles. The third-order valence-electron chi connectivity index (χ3n) is 5.47. The highest BCUT2D eigenvalue weighted by Gasteiger charge is 2.45. The molecule has 8 nitrogen and oxygen atoms in total. The van der Waals surface area contributed by atoms with Gasteiger partial charge in [0.2, 0.25) is 0 Å². The summed E-state index contributed by atoms with van der Waals surface area (Å²) in [5.74, 6) is -1.93. The maximum absolute atomic E-state index is 12.7. The van der Waals surface area contributed by atoms with Crippen LogP contribution < -0.4 is 0 Å². The van der Waals surface area contributed by atoms with Crippen LogP contribution in [0, 0.1) is 0 Å². The van der Waals surface area contributed by atoms with E-state index < -0.39 is 42.3 Å². The van der Waals surface area contributed by atoms with Crippen LogP contribution in [0.4, 0.5) is 0 Å². The molecular weight excluding hydrogens is 452 g/mol. The molecule has 35 heavy (non-hydrogen) atoms. The Balaban J connectivity index is 1.47. The van der Waals surface area contributed by atoms with E-state index >= 15 is 0 Å². The van der Waals surface area contributed by atoms with Gasteiger partial charge in [0.05, 0.1) is 23.3 Å². The van der Waals surface area contributed by atoms with Crippen LogP contribution in [0.25, 0.3) is 0 Å². The Labute approximate surface area is 202 Å². The number of esters is 3. The van der Waals surface area contributed by atoms with E-state index in [1.54, 1.807) is 91.0 Å². The second kappa shape index (κ2) is 11.4. The number of rotatable bonds is 7. The number of aliphatic hydroxyl groups excluding tert-OH is 1. The third-order valence-corrected chi connectivity index (χ3v) is 5.47. The van der Waals surface area contributed by atoms with Crippen molar-refractivity contribution in [2.45, 2.75) is 24.4 Å². The molecule has 1 saturated heterocycles. The van der Waals surface area contributed by atoms with E-state index in [2.05, 4.69) is 0 Å². The molecule has 0 aromatic heterocycles. The summed E-state index contributed by atoms with van der Waals surface area (Å²) in [5, 5.41) is 11.0. The van der Waals surface area contributed by atoms with Crippen LogP contribution >= 0.6 is 0 Å². The van der Waals surface area contributed by atoms with Crippen LogP contribution in [0.2, 0.25) is 0 Å².